The molecule has 0 unspecified atom stereocenters. The Labute approximate surface area is 174 Å². The molecule has 1 aromatic carbocycles. The Morgan fingerprint density at radius 1 is 0.750 bits per heavy atom. The van der Waals surface area contributed by atoms with Crippen LogP contribution in [0.3, 0.4) is 0 Å². The standard InChI is InChI=1S/C16H36N.C7H8O3S/c1-5-9-10-11-12-13-14-15-16-17(6-2,7-3)8-4;1-6-2-4-7(5-3-6)11(8,9)10/h5-16H2,1-4H3;2-5H,1H3,(H,8,9,10)/q+1;/p-1. The summed E-state index contributed by atoms with van der Waals surface area (Å²) in [6, 6.07) is 5.78. The van der Waals surface area contributed by atoms with Crippen LogP contribution in [0.2, 0.25) is 0 Å². The molecule has 0 radical (unpaired) electrons. The molecule has 28 heavy (non-hydrogen) atoms. The van der Waals surface area contributed by atoms with Gasteiger partial charge in [-0.05, 0) is 52.7 Å². The van der Waals surface area contributed by atoms with Crippen molar-refractivity contribution in [2.24, 2.45) is 0 Å². The predicted octanol–water partition coefficient (Wildman–Crippen LogP) is 5.90. The lowest BCUT2D eigenvalue weighted by Gasteiger charge is -2.35. The molecular formula is C23H43NO3S. The molecule has 4 nitrogen and oxygen atoms in total. The van der Waals surface area contributed by atoms with Crippen LogP contribution in [0, 0.1) is 6.92 Å². The summed E-state index contributed by atoms with van der Waals surface area (Å²) in [5, 5.41) is 0. The molecule has 0 aliphatic carbocycles. The van der Waals surface area contributed by atoms with Crippen molar-refractivity contribution in [3.05, 3.63) is 29.8 Å². The molecule has 0 saturated heterocycles. The highest BCUT2D eigenvalue weighted by Gasteiger charge is 2.19. The zero-order valence-electron chi connectivity index (χ0n) is 18.9. The van der Waals surface area contributed by atoms with Gasteiger partial charge >= 0.3 is 0 Å². The molecule has 0 amide bonds. The SMILES string of the molecule is CCCCCCCCCC[N+](CC)(CC)CC.Cc1ccc(S(=O)(=O)[O-])cc1. The van der Waals surface area contributed by atoms with Crippen molar-refractivity contribution in [1.29, 1.82) is 0 Å². The van der Waals surface area contributed by atoms with E-state index in [1.807, 2.05) is 6.92 Å². The summed E-state index contributed by atoms with van der Waals surface area (Å²) in [6.07, 6.45) is 11.5. The lowest BCUT2D eigenvalue weighted by molar-refractivity contribution is -0.923. The van der Waals surface area contributed by atoms with E-state index in [-0.39, 0.29) is 4.90 Å². The molecule has 0 spiro atoms. The largest absolute Gasteiger partial charge is 0.744 e. The summed E-state index contributed by atoms with van der Waals surface area (Å²) in [5.74, 6) is 0. The van der Waals surface area contributed by atoms with E-state index < -0.39 is 10.1 Å². The van der Waals surface area contributed by atoms with Crippen LogP contribution in [-0.4, -0.2) is 43.6 Å². The predicted molar refractivity (Wildman–Crippen MR) is 119 cm³/mol. The molecule has 0 saturated carbocycles. The van der Waals surface area contributed by atoms with E-state index >= 15 is 0 Å². The van der Waals surface area contributed by atoms with Gasteiger partial charge in [-0.15, -0.1) is 0 Å². The van der Waals surface area contributed by atoms with E-state index in [1.54, 1.807) is 12.1 Å². The average molecular weight is 414 g/mol. The fraction of sp³-hybridized carbons (Fsp3) is 0.739. The van der Waals surface area contributed by atoms with Gasteiger partial charge in [-0.3, -0.25) is 0 Å². The number of rotatable bonds is 13. The second kappa shape index (κ2) is 15.0. The van der Waals surface area contributed by atoms with Gasteiger partial charge in [0.25, 0.3) is 0 Å². The average Bonchev–Trinajstić information content (AvgIpc) is 2.68. The molecule has 5 heteroatoms. The number of hydrogen-bond donors (Lipinski definition) is 0. The Bertz CT molecular complexity index is 585. The Morgan fingerprint density at radius 3 is 1.57 bits per heavy atom. The van der Waals surface area contributed by atoms with Crippen LogP contribution < -0.4 is 0 Å². The van der Waals surface area contributed by atoms with Crippen LogP contribution in [-0.2, 0) is 10.1 Å². The van der Waals surface area contributed by atoms with Crippen molar-refractivity contribution >= 4 is 10.1 Å². The van der Waals surface area contributed by atoms with Crippen LogP contribution >= 0.6 is 0 Å². The van der Waals surface area contributed by atoms with E-state index in [9.17, 15) is 13.0 Å². The fourth-order valence-electron chi connectivity index (χ4n) is 3.43. The normalized spacial score (nSPS) is 11.8. The molecular weight excluding hydrogens is 370 g/mol. The lowest BCUT2D eigenvalue weighted by atomic mass is 10.1. The first-order valence-corrected chi connectivity index (χ1v) is 12.5. The van der Waals surface area contributed by atoms with Crippen LogP contribution in [0.5, 0.6) is 0 Å². The van der Waals surface area contributed by atoms with Gasteiger partial charge < -0.3 is 9.04 Å². The van der Waals surface area contributed by atoms with E-state index in [2.05, 4.69) is 27.7 Å². The molecule has 1 aromatic rings. The third kappa shape index (κ3) is 11.8. The van der Waals surface area contributed by atoms with Gasteiger partial charge in [-0.2, -0.15) is 0 Å². The van der Waals surface area contributed by atoms with Crippen molar-refractivity contribution in [1.82, 2.24) is 0 Å². The van der Waals surface area contributed by atoms with E-state index in [1.165, 1.54) is 94.2 Å². The maximum absolute atomic E-state index is 10.4. The summed E-state index contributed by atoms with van der Waals surface area (Å²) in [7, 11) is -4.27. The summed E-state index contributed by atoms with van der Waals surface area (Å²) in [6.45, 7) is 16.5. The number of aryl methyl sites for hydroxylation is 1. The first-order valence-electron chi connectivity index (χ1n) is 11.1. The van der Waals surface area contributed by atoms with Gasteiger partial charge in [-0.25, -0.2) is 8.42 Å². The van der Waals surface area contributed by atoms with Gasteiger partial charge in [0.15, 0.2) is 0 Å². The number of benzene rings is 1. The second-order valence-corrected chi connectivity index (χ2v) is 9.14. The minimum absolute atomic E-state index is 0.178. The Kier molecular flexibility index (Phi) is 14.5. The van der Waals surface area contributed by atoms with Gasteiger partial charge in [0, 0.05) is 0 Å². The summed E-state index contributed by atoms with van der Waals surface area (Å²) in [5.41, 5.74) is 0.928. The third-order valence-electron chi connectivity index (χ3n) is 5.81. The van der Waals surface area contributed by atoms with Crippen molar-refractivity contribution in [2.75, 3.05) is 26.2 Å². The maximum atomic E-state index is 10.4. The molecule has 0 bridgehead atoms. The molecule has 0 N–H and O–H groups in total. The number of quaternary nitrogens is 1. The van der Waals surface area contributed by atoms with Crippen molar-refractivity contribution in [2.45, 2.75) is 90.9 Å². The minimum Gasteiger partial charge on any atom is -0.744 e. The molecule has 0 aromatic heterocycles. The summed E-state index contributed by atoms with van der Waals surface area (Å²) in [4.78, 5) is -0.178. The highest BCUT2D eigenvalue weighted by Crippen LogP contribution is 2.12. The number of nitrogens with zero attached hydrogens (tertiary/aromatic N) is 1. The lowest BCUT2D eigenvalue weighted by Crippen LogP contribution is -2.48. The first-order chi connectivity index (χ1) is 13.2. The second-order valence-electron chi connectivity index (χ2n) is 7.76. The molecule has 164 valence electrons. The number of unbranched alkanes of at least 4 members (excludes halogenated alkanes) is 7. The van der Waals surface area contributed by atoms with Crippen LogP contribution in [0.4, 0.5) is 0 Å². The first kappa shape index (κ1) is 27.1. The molecule has 0 aliphatic rings. The van der Waals surface area contributed by atoms with E-state index in [4.69, 9.17) is 0 Å². The van der Waals surface area contributed by atoms with E-state index in [0.717, 1.165) is 5.56 Å². The highest BCUT2D eigenvalue weighted by molar-refractivity contribution is 7.85. The van der Waals surface area contributed by atoms with Crippen LogP contribution in [0.1, 0.15) is 84.6 Å². The van der Waals surface area contributed by atoms with Gasteiger partial charge in [0.1, 0.15) is 10.1 Å². The van der Waals surface area contributed by atoms with Crippen molar-refractivity contribution < 1.29 is 17.5 Å². The summed E-state index contributed by atoms with van der Waals surface area (Å²) >= 11 is 0. The smallest absolute Gasteiger partial charge is 0.124 e. The molecule has 0 aliphatic heterocycles. The summed E-state index contributed by atoms with van der Waals surface area (Å²) < 4.78 is 32.5. The van der Waals surface area contributed by atoms with Crippen LogP contribution in [0.25, 0.3) is 0 Å². The molecule has 0 fully saturated rings. The Balaban J connectivity index is 0.000000567. The molecule has 0 heterocycles. The Hall–Kier alpha value is -0.910. The van der Waals surface area contributed by atoms with Gasteiger partial charge in [0.05, 0.1) is 31.1 Å². The topological polar surface area (TPSA) is 57.2 Å². The van der Waals surface area contributed by atoms with Gasteiger partial charge in [0.2, 0.25) is 0 Å². The fourth-order valence-corrected chi connectivity index (χ4v) is 3.90. The van der Waals surface area contributed by atoms with E-state index in [0.29, 0.717) is 0 Å². The molecule has 0 atom stereocenters. The minimum atomic E-state index is -4.27. The molecule has 1 rings (SSSR count). The van der Waals surface area contributed by atoms with Gasteiger partial charge in [-0.1, -0.05) is 63.1 Å². The quantitative estimate of drug-likeness (QED) is 0.230. The van der Waals surface area contributed by atoms with Crippen molar-refractivity contribution in [3.63, 3.8) is 0 Å². The monoisotopic (exact) mass is 413 g/mol. The number of hydrogen-bond acceptors (Lipinski definition) is 3. The van der Waals surface area contributed by atoms with Crippen molar-refractivity contribution in [3.8, 4) is 0 Å². The maximum Gasteiger partial charge on any atom is 0.124 e. The third-order valence-corrected chi connectivity index (χ3v) is 6.66. The zero-order valence-corrected chi connectivity index (χ0v) is 19.7. The highest BCUT2D eigenvalue weighted by atomic mass is 32.2. The van der Waals surface area contributed by atoms with Crippen LogP contribution in [0.15, 0.2) is 29.2 Å². The zero-order chi connectivity index (χ0) is 21.5. The Morgan fingerprint density at radius 2 is 1.18 bits per heavy atom.